The normalized spacial score (nSPS) is 26.0. The molecule has 0 saturated heterocycles. The van der Waals surface area contributed by atoms with Gasteiger partial charge in [0.1, 0.15) is 0 Å². The van der Waals surface area contributed by atoms with Gasteiger partial charge in [-0.25, -0.2) is 0 Å². The first-order valence-electron chi connectivity index (χ1n) is 7.15. The number of rotatable bonds is 3. The lowest BCUT2D eigenvalue weighted by Crippen LogP contribution is -2.38. The molecular formula is C16H26N2. The Morgan fingerprint density at radius 1 is 1.11 bits per heavy atom. The molecule has 0 aliphatic heterocycles. The molecule has 1 aliphatic carbocycles. The summed E-state index contributed by atoms with van der Waals surface area (Å²) in [6.07, 6.45) is 4.77. The molecule has 1 saturated carbocycles. The van der Waals surface area contributed by atoms with Gasteiger partial charge in [0.25, 0.3) is 0 Å². The first-order valence-corrected chi connectivity index (χ1v) is 7.15. The van der Waals surface area contributed by atoms with Gasteiger partial charge in [-0.05, 0) is 63.1 Å². The molecule has 3 N–H and O–H groups in total. The smallest absolute Gasteiger partial charge is 0.0294 e. The average molecular weight is 246 g/mol. The van der Waals surface area contributed by atoms with E-state index in [1.807, 2.05) is 0 Å². The van der Waals surface area contributed by atoms with Gasteiger partial charge in [0.05, 0.1) is 0 Å². The minimum atomic E-state index is 0.431. The zero-order valence-corrected chi connectivity index (χ0v) is 11.9. The van der Waals surface area contributed by atoms with Gasteiger partial charge in [-0.15, -0.1) is 0 Å². The summed E-state index contributed by atoms with van der Waals surface area (Å²) in [5.41, 5.74) is 10.1. The highest BCUT2D eigenvalue weighted by Gasteiger charge is 2.20. The Balaban J connectivity index is 1.94. The van der Waals surface area contributed by atoms with Crippen LogP contribution in [0.1, 0.15) is 55.3 Å². The van der Waals surface area contributed by atoms with Gasteiger partial charge in [0, 0.05) is 18.1 Å². The maximum atomic E-state index is 5.95. The zero-order chi connectivity index (χ0) is 13.1. The predicted molar refractivity (Wildman–Crippen MR) is 77.7 cm³/mol. The van der Waals surface area contributed by atoms with Gasteiger partial charge in [0.2, 0.25) is 0 Å². The van der Waals surface area contributed by atoms with E-state index in [2.05, 4.69) is 44.3 Å². The predicted octanol–water partition coefficient (Wildman–Crippen LogP) is 3.22. The van der Waals surface area contributed by atoms with E-state index in [4.69, 9.17) is 5.73 Å². The number of hydrogen-bond donors (Lipinski definition) is 2. The molecule has 1 aliphatic rings. The average Bonchev–Trinajstić information content (AvgIpc) is 2.35. The summed E-state index contributed by atoms with van der Waals surface area (Å²) in [4.78, 5) is 0. The summed E-state index contributed by atoms with van der Waals surface area (Å²) in [6.45, 7) is 6.61. The van der Waals surface area contributed by atoms with Crippen LogP contribution in [0, 0.1) is 13.8 Å². The van der Waals surface area contributed by atoms with E-state index in [0.717, 1.165) is 12.8 Å². The maximum Gasteiger partial charge on any atom is 0.0294 e. The molecular weight excluding hydrogens is 220 g/mol. The van der Waals surface area contributed by atoms with E-state index in [0.29, 0.717) is 18.1 Å². The fraction of sp³-hybridized carbons (Fsp3) is 0.625. The molecule has 2 nitrogen and oxygen atoms in total. The Bertz CT molecular complexity index is 392. The van der Waals surface area contributed by atoms with Crippen molar-refractivity contribution in [3.8, 4) is 0 Å². The van der Waals surface area contributed by atoms with Crippen LogP contribution in [-0.2, 0) is 0 Å². The lowest BCUT2D eigenvalue weighted by atomic mass is 9.91. The molecule has 0 radical (unpaired) electrons. The number of aryl methyl sites for hydroxylation is 2. The second-order valence-electron chi connectivity index (χ2n) is 5.84. The standard InChI is InChI=1S/C16H26N2/c1-11-4-5-14(10-12(11)2)13(3)18-16-8-6-15(17)7-9-16/h4-5,10,13,15-16,18H,6-9,17H2,1-3H3. The summed E-state index contributed by atoms with van der Waals surface area (Å²) >= 11 is 0. The summed E-state index contributed by atoms with van der Waals surface area (Å²) in [6, 6.07) is 8.28. The lowest BCUT2D eigenvalue weighted by Gasteiger charge is -2.30. The first-order chi connectivity index (χ1) is 8.56. The van der Waals surface area contributed by atoms with Crippen LogP contribution in [0.25, 0.3) is 0 Å². The molecule has 1 atom stereocenters. The maximum absolute atomic E-state index is 5.95. The molecule has 1 fully saturated rings. The fourth-order valence-electron chi connectivity index (χ4n) is 2.77. The summed E-state index contributed by atoms with van der Waals surface area (Å²) in [5, 5.41) is 3.75. The fourth-order valence-corrected chi connectivity index (χ4v) is 2.77. The van der Waals surface area contributed by atoms with Gasteiger partial charge in [-0.1, -0.05) is 18.2 Å². The zero-order valence-electron chi connectivity index (χ0n) is 11.9. The summed E-state index contributed by atoms with van der Waals surface area (Å²) < 4.78 is 0. The molecule has 0 amide bonds. The highest BCUT2D eigenvalue weighted by molar-refractivity contribution is 5.31. The molecule has 1 aromatic carbocycles. The molecule has 1 unspecified atom stereocenters. The van der Waals surface area contributed by atoms with Crippen LogP contribution in [-0.4, -0.2) is 12.1 Å². The first kappa shape index (κ1) is 13.6. The van der Waals surface area contributed by atoms with Crippen LogP contribution in [0.4, 0.5) is 0 Å². The van der Waals surface area contributed by atoms with Gasteiger partial charge < -0.3 is 11.1 Å². The molecule has 2 rings (SSSR count). The third kappa shape index (κ3) is 3.33. The van der Waals surface area contributed by atoms with Crippen molar-refractivity contribution in [1.82, 2.24) is 5.32 Å². The number of nitrogens with one attached hydrogen (secondary N) is 1. The summed E-state index contributed by atoms with van der Waals surface area (Å²) in [5.74, 6) is 0. The Labute approximate surface area is 111 Å². The molecule has 0 spiro atoms. The molecule has 0 heterocycles. The number of nitrogens with two attached hydrogens (primary N) is 1. The lowest BCUT2D eigenvalue weighted by molar-refractivity contribution is 0.322. The van der Waals surface area contributed by atoms with Crippen LogP contribution in [0.15, 0.2) is 18.2 Å². The van der Waals surface area contributed by atoms with Crippen LogP contribution >= 0.6 is 0 Å². The number of hydrogen-bond acceptors (Lipinski definition) is 2. The van der Waals surface area contributed by atoms with Crippen molar-refractivity contribution in [1.29, 1.82) is 0 Å². The van der Waals surface area contributed by atoms with Crippen molar-refractivity contribution in [3.05, 3.63) is 34.9 Å². The minimum absolute atomic E-state index is 0.431. The van der Waals surface area contributed by atoms with Crippen LogP contribution in [0.2, 0.25) is 0 Å². The van der Waals surface area contributed by atoms with Gasteiger partial charge in [-0.3, -0.25) is 0 Å². The SMILES string of the molecule is Cc1ccc(C(C)NC2CCC(N)CC2)cc1C. The van der Waals surface area contributed by atoms with E-state index in [-0.39, 0.29) is 0 Å². The van der Waals surface area contributed by atoms with E-state index >= 15 is 0 Å². The topological polar surface area (TPSA) is 38.0 Å². The van der Waals surface area contributed by atoms with Gasteiger partial charge >= 0.3 is 0 Å². The van der Waals surface area contributed by atoms with Crippen molar-refractivity contribution in [2.75, 3.05) is 0 Å². The Kier molecular flexibility index (Phi) is 4.41. The van der Waals surface area contributed by atoms with Crippen molar-refractivity contribution in [3.63, 3.8) is 0 Å². The van der Waals surface area contributed by atoms with Crippen LogP contribution in [0.3, 0.4) is 0 Å². The third-order valence-corrected chi connectivity index (χ3v) is 4.29. The quantitative estimate of drug-likeness (QED) is 0.859. The molecule has 0 aromatic heterocycles. The monoisotopic (exact) mass is 246 g/mol. The van der Waals surface area contributed by atoms with Gasteiger partial charge in [-0.2, -0.15) is 0 Å². The van der Waals surface area contributed by atoms with Crippen LogP contribution in [0.5, 0.6) is 0 Å². The van der Waals surface area contributed by atoms with Crippen molar-refractivity contribution < 1.29 is 0 Å². The Morgan fingerprint density at radius 3 is 2.39 bits per heavy atom. The Hall–Kier alpha value is -0.860. The Morgan fingerprint density at radius 2 is 1.78 bits per heavy atom. The van der Waals surface area contributed by atoms with E-state index in [9.17, 15) is 0 Å². The van der Waals surface area contributed by atoms with Gasteiger partial charge in [0.15, 0.2) is 0 Å². The van der Waals surface area contributed by atoms with Crippen molar-refractivity contribution >= 4 is 0 Å². The second-order valence-corrected chi connectivity index (χ2v) is 5.84. The van der Waals surface area contributed by atoms with E-state index in [1.54, 1.807) is 0 Å². The molecule has 18 heavy (non-hydrogen) atoms. The number of benzene rings is 1. The molecule has 1 aromatic rings. The third-order valence-electron chi connectivity index (χ3n) is 4.29. The van der Waals surface area contributed by atoms with Crippen molar-refractivity contribution in [2.24, 2.45) is 5.73 Å². The largest absolute Gasteiger partial charge is 0.328 e. The van der Waals surface area contributed by atoms with E-state index < -0.39 is 0 Å². The molecule has 100 valence electrons. The highest BCUT2D eigenvalue weighted by atomic mass is 14.9. The second kappa shape index (κ2) is 5.85. The van der Waals surface area contributed by atoms with Crippen LogP contribution < -0.4 is 11.1 Å². The van der Waals surface area contributed by atoms with E-state index in [1.165, 1.54) is 29.5 Å². The molecule has 0 bridgehead atoms. The van der Waals surface area contributed by atoms with Crippen molar-refractivity contribution in [2.45, 2.75) is 64.6 Å². The molecule has 2 heteroatoms. The minimum Gasteiger partial charge on any atom is -0.328 e. The highest BCUT2D eigenvalue weighted by Crippen LogP contribution is 2.22. The summed E-state index contributed by atoms with van der Waals surface area (Å²) in [7, 11) is 0.